The van der Waals surface area contributed by atoms with Crippen LogP contribution in [0.1, 0.15) is 30.0 Å². The highest BCUT2D eigenvalue weighted by Gasteiger charge is 2.34. The Morgan fingerprint density at radius 3 is 2.84 bits per heavy atom. The number of hydrogen-bond donors (Lipinski definition) is 1. The van der Waals surface area contributed by atoms with Crippen LogP contribution in [-0.2, 0) is 9.59 Å². The van der Waals surface area contributed by atoms with E-state index in [0.29, 0.717) is 30.6 Å². The van der Waals surface area contributed by atoms with Gasteiger partial charge in [0.1, 0.15) is 0 Å². The lowest BCUT2D eigenvalue weighted by molar-refractivity contribution is -0.128. The molecule has 0 aromatic carbocycles. The van der Waals surface area contributed by atoms with Gasteiger partial charge in [-0.1, -0.05) is 13.8 Å². The molecule has 0 spiro atoms. The van der Waals surface area contributed by atoms with Gasteiger partial charge in [0.2, 0.25) is 11.8 Å². The normalized spacial score (nSPS) is 17.6. The topological polar surface area (TPSA) is 62.3 Å². The third kappa shape index (κ3) is 4.10. The van der Waals surface area contributed by atoms with Crippen LogP contribution in [0.15, 0.2) is 11.4 Å². The van der Waals surface area contributed by atoms with E-state index in [9.17, 15) is 9.59 Å². The Bertz CT molecular complexity index is 794. The smallest absolute Gasteiger partial charge is 0.231 e. The summed E-state index contributed by atoms with van der Waals surface area (Å²) in [4.78, 5) is 33.3. The van der Waals surface area contributed by atoms with Crippen LogP contribution in [0, 0.1) is 25.7 Å². The number of aromatic nitrogens is 1. The van der Waals surface area contributed by atoms with Crippen molar-refractivity contribution in [2.24, 2.45) is 11.8 Å². The average molecular weight is 378 g/mol. The van der Waals surface area contributed by atoms with Crippen molar-refractivity contribution in [3.63, 3.8) is 0 Å². The maximum Gasteiger partial charge on any atom is 0.231 e. The minimum Gasteiger partial charge on any atom is -0.342 e. The van der Waals surface area contributed by atoms with Gasteiger partial charge in [0.05, 0.1) is 11.6 Å². The van der Waals surface area contributed by atoms with E-state index in [1.54, 1.807) is 16.2 Å². The monoisotopic (exact) mass is 377 g/mol. The molecule has 0 bridgehead atoms. The first-order chi connectivity index (χ1) is 11.8. The Morgan fingerprint density at radius 1 is 1.44 bits per heavy atom. The number of likely N-dealkylation sites (tertiary alicyclic amines) is 1. The molecule has 1 fully saturated rings. The summed E-state index contributed by atoms with van der Waals surface area (Å²) < 4.78 is 0. The van der Waals surface area contributed by atoms with Crippen molar-refractivity contribution >= 4 is 39.6 Å². The van der Waals surface area contributed by atoms with Crippen LogP contribution in [0.25, 0.3) is 11.3 Å². The summed E-state index contributed by atoms with van der Waals surface area (Å²) in [6.45, 7) is 9.52. The summed E-state index contributed by atoms with van der Waals surface area (Å²) in [6.07, 6.45) is 0.291. The fraction of sp³-hybridized carbons (Fsp3) is 0.500. The number of nitrogens with zero attached hydrogens (tertiary/aromatic N) is 2. The maximum atomic E-state index is 12.5. The number of carbonyl (C=O) groups is 2. The van der Waals surface area contributed by atoms with Gasteiger partial charge in [-0.2, -0.15) is 0 Å². The second-order valence-corrected chi connectivity index (χ2v) is 9.27. The van der Waals surface area contributed by atoms with E-state index in [-0.39, 0.29) is 17.7 Å². The summed E-state index contributed by atoms with van der Waals surface area (Å²) >= 11 is 3.17. The van der Waals surface area contributed by atoms with E-state index < -0.39 is 0 Å². The van der Waals surface area contributed by atoms with E-state index in [4.69, 9.17) is 0 Å². The molecule has 0 radical (unpaired) electrons. The molecule has 5 nitrogen and oxygen atoms in total. The van der Waals surface area contributed by atoms with E-state index in [0.717, 1.165) is 11.3 Å². The summed E-state index contributed by atoms with van der Waals surface area (Å²) in [7, 11) is 0. The molecule has 0 aliphatic carbocycles. The molecule has 3 rings (SSSR count). The number of hydrogen-bond acceptors (Lipinski definition) is 5. The standard InChI is InChI=1S/C18H23N3O2S2/c1-10(2)7-21-8-13(6-16(21)22)17(23)20-18-19-15(9-24-18)14-5-11(3)25-12(14)4/h5,9-10,13H,6-8H2,1-4H3,(H,19,20,23). The van der Waals surface area contributed by atoms with Gasteiger partial charge in [0.25, 0.3) is 0 Å². The van der Waals surface area contributed by atoms with Gasteiger partial charge in [0.15, 0.2) is 5.13 Å². The highest BCUT2D eigenvalue weighted by Crippen LogP contribution is 2.33. The number of amides is 2. The fourth-order valence-electron chi connectivity index (χ4n) is 3.11. The Kier molecular flexibility index (Phi) is 5.24. The Labute approximate surface area is 156 Å². The van der Waals surface area contributed by atoms with Gasteiger partial charge in [-0.25, -0.2) is 4.98 Å². The van der Waals surface area contributed by atoms with Crippen molar-refractivity contribution in [2.45, 2.75) is 34.1 Å². The summed E-state index contributed by atoms with van der Waals surface area (Å²) in [6, 6.07) is 2.13. The van der Waals surface area contributed by atoms with Crippen molar-refractivity contribution in [2.75, 3.05) is 18.4 Å². The predicted molar refractivity (Wildman–Crippen MR) is 103 cm³/mol. The zero-order chi connectivity index (χ0) is 18.1. The molecule has 2 amide bonds. The lowest BCUT2D eigenvalue weighted by Crippen LogP contribution is -2.31. The molecular formula is C18H23N3O2S2. The first-order valence-corrected chi connectivity index (χ1v) is 10.1. The SMILES string of the molecule is Cc1cc(-c2csc(NC(=O)C3CC(=O)N(CC(C)C)C3)n2)c(C)s1. The maximum absolute atomic E-state index is 12.5. The molecule has 25 heavy (non-hydrogen) atoms. The molecule has 1 aliphatic heterocycles. The molecule has 1 aliphatic rings. The van der Waals surface area contributed by atoms with Gasteiger partial charge in [0, 0.05) is 40.2 Å². The zero-order valence-corrected chi connectivity index (χ0v) is 16.6. The predicted octanol–water partition coefficient (Wildman–Crippen LogP) is 3.93. The molecule has 7 heteroatoms. The Hall–Kier alpha value is -1.73. The van der Waals surface area contributed by atoms with Crippen LogP contribution in [0.3, 0.4) is 0 Å². The average Bonchev–Trinajstić information content (AvgIpc) is 3.19. The molecule has 1 N–H and O–H groups in total. The van der Waals surface area contributed by atoms with Crippen LogP contribution < -0.4 is 5.32 Å². The number of anilines is 1. The number of nitrogens with one attached hydrogen (secondary N) is 1. The van der Waals surface area contributed by atoms with Gasteiger partial charge in [-0.15, -0.1) is 22.7 Å². The van der Waals surface area contributed by atoms with Crippen LogP contribution in [0.5, 0.6) is 0 Å². The number of thiazole rings is 1. The first-order valence-electron chi connectivity index (χ1n) is 8.45. The quantitative estimate of drug-likeness (QED) is 0.859. The molecule has 0 saturated carbocycles. The van der Waals surface area contributed by atoms with Crippen LogP contribution >= 0.6 is 22.7 Å². The highest BCUT2D eigenvalue weighted by molar-refractivity contribution is 7.14. The summed E-state index contributed by atoms with van der Waals surface area (Å²) in [5, 5.41) is 5.45. The summed E-state index contributed by atoms with van der Waals surface area (Å²) in [5.41, 5.74) is 2.02. The first kappa shape index (κ1) is 18.1. The highest BCUT2D eigenvalue weighted by atomic mass is 32.1. The lowest BCUT2D eigenvalue weighted by Gasteiger charge is -2.18. The molecule has 3 heterocycles. The molecule has 134 valence electrons. The second-order valence-electron chi connectivity index (χ2n) is 6.95. The molecule has 1 unspecified atom stereocenters. The van der Waals surface area contributed by atoms with Crippen molar-refractivity contribution in [1.29, 1.82) is 0 Å². The van der Waals surface area contributed by atoms with E-state index in [1.165, 1.54) is 21.1 Å². The van der Waals surface area contributed by atoms with Crippen molar-refractivity contribution in [1.82, 2.24) is 9.88 Å². The van der Waals surface area contributed by atoms with Gasteiger partial charge in [-0.05, 0) is 25.8 Å². The number of thiophene rings is 1. The van der Waals surface area contributed by atoms with E-state index in [1.807, 2.05) is 5.38 Å². The Balaban J connectivity index is 1.64. The van der Waals surface area contributed by atoms with Gasteiger partial charge < -0.3 is 10.2 Å². The minimum atomic E-state index is -0.288. The minimum absolute atomic E-state index is 0.0676. The van der Waals surface area contributed by atoms with Crippen molar-refractivity contribution < 1.29 is 9.59 Å². The van der Waals surface area contributed by atoms with E-state index >= 15 is 0 Å². The largest absolute Gasteiger partial charge is 0.342 e. The van der Waals surface area contributed by atoms with Crippen molar-refractivity contribution in [3.05, 3.63) is 21.2 Å². The summed E-state index contributed by atoms with van der Waals surface area (Å²) in [5.74, 6) is 0.0742. The number of carbonyl (C=O) groups excluding carboxylic acids is 2. The van der Waals surface area contributed by atoms with Crippen LogP contribution in [0.4, 0.5) is 5.13 Å². The molecule has 1 saturated heterocycles. The number of aryl methyl sites for hydroxylation is 2. The van der Waals surface area contributed by atoms with E-state index in [2.05, 4.69) is 44.1 Å². The zero-order valence-electron chi connectivity index (χ0n) is 15.0. The molecule has 2 aromatic rings. The Morgan fingerprint density at radius 2 is 2.20 bits per heavy atom. The van der Waals surface area contributed by atoms with Crippen LogP contribution in [-0.4, -0.2) is 34.8 Å². The lowest BCUT2D eigenvalue weighted by atomic mass is 10.1. The van der Waals surface area contributed by atoms with Crippen molar-refractivity contribution in [3.8, 4) is 11.3 Å². The number of rotatable bonds is 5. The fourth-order valence-corrected chi connectivity index (χ4v) is 4.76. The van der Waals surface area contributed by atoms with Gasteiger partial charge >= 0.3 is 0 Å². The van der Waals surface area contributed by atoms with Gasteiger partial charge in [-0.3, -0.25) is 9.59 Å². The molecule has 1 atom stereocenters. The molecular weight excluding hydrogens is 354 g/mol. The third-order valence-electron chi connectivity index (χ3n) is 4.22. The van der Waals surface area contributed by atoms with Crippen LogP contribution in [0.2, 0.25) is 0 Å². The second kappa shape index (κ2) is 7.25. The third-order valence-corrected chi connectivity index (χ3v) is 5.95. The molecule has 2 aromatic heterocycles.